The van der Waals surface area contributed by atoms with Crippen LogP contribution in [0.3, 0.4) is 0 Å². The number of aromatic nitrogens is 1. The van der Waals surface area contributed by atoms with Gasteiger partial charge in [-0.15, -0.1) is 24.0 Å². The molecule has 0 bridgehead atoms. The van der Waals surface area contributed by atoms with Gasteiger partial charge in [-0.3, -0.25) is 4.99 Å². The van der Waals surface area contributed by atoms with Gasteiger partial charge < -0.3 is 15.4 Å². The number of ether oxygens (including phenoxy) is 1. The minimum Gasteiger partial charge on any atom is -0.468 e. The highest BCUT2D eigenvalue weighted by molar-refractivity contribution is 14.0. The summed E-state index contributed by atoms with van der Waals surface area (Å²) in [7, 11) is 1.52. The lowest BCUT2D eigenvalue weighted by molar-refractivity contribution is -0.154. The Kier molecular flexibility index (Phi) is 9.65. The predicted molar refractivity (Wildman–Crippen MR) is 110 cm³/mol. The van der Waals surface area contributed by atoms with Crippen LogP contribution in [0.15, 0.2) is 47.6 Å². The van der Waals surface area contributed by atoms with Crippen molar-refractivity contribution >= 4 is 29.9 Å². The third kappa shape index (κ3) is 9.05. The summed E-state index contributed by atoms with van der Waals surface area (Å²) in [6, 6.07) is 7.61. The van der Waals surface area contributed by atoms with Gasteiger partial charge in [0.2, 0.25) is 5.88 Å². The molecule has 0 saturated heterocycles. The van der Waals surface area contributed by atoms with Crippen LogP contribution in [0, 0.1) is 0 Å². The molecule has 0 amide bonds. The van der Waals surface area contributed by atoms with Crippen molar-refractivity contribution in [2.45, 2.75) is 25.4 Å². The van der Waals surface area contributed by atoms with E-state index in [9.17, 15) is 26.3 Å². The van der Waals surface area contributed by atoms with E-state index in [0.29, 0.717) is 17.1 Å². The third-order valence-electron chi connectivity index (χ3n) is 3.61. The predicted octanol–water partition coefficient (Wildman–Crippen LogP) is 4.52. The zero-order valence-electron chi connectivity index (χ0n) is 15.6. The van der Waals surface area contributed by atoms with E-state index in [2.05, 4.69) is 25.3 Å². The molecule has 0 aliphatic heterocycles. The number of halogens is 7. The Bertz CT molecular complexity index is 807. The second-order valence-corrected chi connectivity index (χ2v) is 5.88. The quantitative estimate of drug-likeness (QED) is 0.241. The van der Waals surface area contributed by atoms with Crippen LogP contribution in [0.4, 0.5) is 26.3 Å². The van der Waals surface area contributed by atoms with Gasteiger partial charge in [0.1, 0.15) is 0 Å². The fourth-order valence-corrected chi connectivity index (χ4v) is 2.16. The number of alkyl halides is 6. The van der Waals surface area contributed by atoms with E-state index in [-0.39, 0.29) is 42.9 Å². The van der Waals surface area contributed by atoms with Crippen LogP contribution >= 0.6 is 24.0 Å². The number of hydrogen-bond acceptors (Lipinski definition) is 3. The zero-order valence-corrected chi connectivity index (χ0v) is 18.0. The smallest absolute Gasteiger partial charge is 0.422 e. The first-order valence-electron chi connectivity index (χ1n) is 8.32. The molecule has 2 rings (SSSR count). The molecule has 0 aliphatic carbocycles. The molecule has 0 radical (unpaired) electrons. The molecule has 0 unspecified atom stereocenters. The highest BCUT2D eigenvalue weighted by Crippen LogP contribution is 2.29. The number of pyridine rings is 1. The first-order valence-corrected chi connectivity index (χ1v) is 8.32. The van der Waals surface area contributed by atoms with Crippen LogP contribution in [0.5, 0.6) is 5.88 Å². The molecule has 12 heteroatoms. The molecule has 166 valence electrons. The molecule has 30 heavy (non-hydrogen) atoms. The maximum atomic E-state index is 12.6. The summed E-state index contributed by atoms with van der Waals surface area (Å²) in [6.07, 6.45) is -7.46. The van der Waals surface area contributed by atoms with Crippen molar-refractivity contribution in [3.05, 3.63) is 59.3 Å². The summed E-state index contributed by atoms with van der Waals surface area (Å²) in [4.78, 5) is 7.79. The van der Waals surface area contributed by atoms with Gasteiger partial charge in [-0.2, -0.15) is 26.3 Å². The van der Waals surface area contributed by atoms with Crippen LogP contribution < -0.4 is 15.4 Å². The van der Waals surface area contributed by atoms with Gasteiger partial charge >= 0.3 is 12.4 Å². The van der Waals surface area contributed by atoms with E-state index >= 15 is 0 Å². The van der Waals surface area contributed by atoms with E-state index in [0.717, 1.165) is 12.1 Å². The topological polar surface area (TPSA) is 58.5 Å². The molecule has 1 aromatic carbocycles. The number of nitrogens with one attached hydrogen (secondary N) is 2. The summed E-state index contributed by atoms with van der Waals surface area (Å²) < 4.78 is 78.5. The van der Waals surface area contributed by atoms with Gasteiger partial charge in [-0.05, 0) is 23.3 Å². The molecule has 5 nitrogen and oxygen atoms in total. The first kappa shape index (κ1) is 25.8. The average molecular weight is 548 g/mol. The van der Waals surface area contributed by atoms with Crippen molar-refractivity contribution in [3.8, 4) is 5.88 Å². The SMILES string of the molecule is CN=C(NCc1ccc(C(F)(F)F)cc1)NCc1ccc(OCC(F)(F)F)nc1.I. The largest absolute Gasteiger partial charge is 0.468 e. The number of guanidine groups is 1. The number of benzene rings is 1. The monoisotopic (exact) mass is 548 g/mol. The van der Waals surface area contributed by atoms with Gasteiger partial charge in [0, 0.05) is 32.4 Å². The second kappa shape index (κ2) is 11.2. The van der Waals surface area contributed by atoms with Gasteiger partial charge in [0.05, 0.1) is 5.56 Å². The number of rotatable bonds is 6. The molecule has 0 atom stereocenters. The van der Waals surface area contributed by atoms with Crippen LogP contribution in [0.25, 0.3) is 0 Å². The summed E-state index contributed by atoms with van der Waals surface area (Å²) in [5.41, 5.74) is 0.578. The van der Waals surface area contributed by atoms with E-state index < -0.39 is 24.5 Å². The van der Waals surface area contributed by atoms with Crippen molar-refractivity contribution in [1.82, 2.24) is 15.6 Å². The Balaban J connectivity index is 0.00000450. The standard InChI is InChI=1S/C18H18F6N4O.HI/c1-25-16(27-8-12-2-5-14(6-3-12)18(22,23)24)28-10-13-4-7-15(26-9-13)29-11-17(19,20)21;/h2-7,9H,8,10-11H2,1H3,(H2,25,27,28);1H. The van der Waals surface area contributed by atoms with Crippen LogP contribution in [0.1, 0.15) is 16.7 Å². The lowest BCUT2D eigenvalue weighted by Crippen LogP contribution is -2.36. The lowest BCUT2D eigenvalue weighted by Gasteiger charge is -2.13. The summed E-state index contributed by atoms with van der Waals surface area (Å²) in [5, 5.41) is 5.92. The molecule has 0 fully saturated rings. The third-order valence-corrected chi connectivity index (χ3v) is 3.61. The first-order chi connectivity index (χ1) is 13.6. The molecular weight excluding hydrogens is 529 g/mol. The van der Waals surface area contributed by atoms with E-state index in [4.69, 9.17) is 0 Å². The van der Waals surface area contributed by atoms with Gasteiger partial charge in [0.15, 0.2) is 12.6 Å². The highest BCUT2D eigenvalue weighted by Gasteiger charge is 2.30. The second-order valence-electron chi connectivity index (χ2n) is 5.88. The summed E-state index contributed by atoms with van der Waals surface area (Å²) >= 11 is 0. The zero-order chi connectivity index (χ0) is 21.5. The summed E-state index contributed by atoms with van der Waals surface area (Å²) in [5.74, 6) is 0.248. The van der Waals surface area contributed by atoms with Crippen LogP contribution in [-0.4, -0.2) is 30.8 Å². The molecule has 2 aromatic rings. The maximum Gasteiger partial charge on any atom is 0.422 e. The fourth-order valence-electron chi connectivity index (χ4n) is 2.16. The van der Waals surface area contributed by atoms with E-state index in [1.54, 1.807) is 6.07 Å². The molecule has 0 spiro atoms. The van der Waals surface area contributed by atoms with E-state index in [1.807, 2.05) is 0 Å². The molecule has 1 aromatic heterocycles. The Morgan fingerprint density at radius 1 is 0.933 bits per heavy atom. The minimum absolute atomic E-state index is 0. The van der Waals surface area contributed by atoms with Gasteiger partial charge in [-0.25, -0.2) is 4.98 Å². The Morgan fingerprint density at radius 2 is 1.50 bits per heavy atom. The molecule has 0 aliphatic rings. The van der Waals surface area contributed by atoms with Gasteiger partial charge in [0.25, 0.3) is 0 Å². The fraction of sp³-hybridized carbons (Fsp3) is 0.333. The average Bonchev–Trinajstić information content (AvgIpc) is 2.66. The lowest BCUT2D eigenvalue weighted by atomic mass is 10.1. The molecule has 2 N–H and O–H groups in total. The van der Waals surface area contributed by atoms with Gasteiger partial charge in [-0.1, -0.05) is 18.2 Å². The van der Waals surface area contributed by atoms with Crippen LogP contribution in [-0.2, 0) is 19.3 Å². The van der Waals surface area contributed by atoms with E-state index in [1.165, 1.54) is 31.4 Å². The van der Waals surface area contributed by atoms with Crippen LogP contribution in [0.2, 0.25) is 0 Å². The van der Waals surface area contributed by atoms with Crippen molar-refractivity contribution in [2.75, 3.05) is 13.7 Å². The summed E-state index contributed by atoms with van der Waals surface area (Å²) in [6.45, 7) is -0.891. The normalized spacial score (nSPS) is 12.2. The highest BCUT2D eigenvalue weighted by atomic mass is 127. The van der Waals surface area contributed by atoms with Crippen molar-refractivity contribution in [3.63, 3.8) is 0 Å². The maximum absolute atomic E-state index is 12.6. The van der Waals surface area contributed by atoms with Crippen molar-refractivity contribution < 1.29 is 31.1 Å². The Labute approximate surface area is 186 Å². The molecule has 1 heterocycles. The van der Waals surface area contributed by atoms with Crippen molar-refractivity contribution in [2.24, 2.45) is 4.99 Å². The Hall–Kier alpha value is -2.25. The number of nitrogens with zero attached hydrogens (tertiary/aromatic N) is 2. The van der Waals surface area contributed by atoms with Crippen molar-refractivity contribution in [1.29, 1.82) is 0 Å². The number of aliphatic imine (C=N–C) groups is 1. The number of hydrogen-bond donors (Lipinski definition) is 2. The minimum atomic E-state index is -4.44. The molecule has 0 saturated carbocycles. The molecular formula is C18H19F6IN4O. The Morgan fingerprint density at radius 3 is 1.97 bits per heavy atom.